The molecule has 0 aliphatic rings. The molecule has 0 fully saturated rings. The molecule has 2 nitrogen and oxygen atoms in total. The van der Waals surface area contributed by atoms with Crippen molar-refractivity contribution < 1.29 is 9.90 Å². The van der Waals surface area contributed by atoms with E-state index in [0.717, 1.165) is 19.0 Å². The van der Waals surface area contributed by atoms with Gasteiger partial charge in [0.05, 0.1) is 0 Å². The topological polar surface area (TPSA) is 37.3 Å². The Balaban J connectivity index is 2.99. The molecular weight excluding hydrogens is 404 g/mol. The maximum atomic E-state index is 10.6. The Morgan fingerprint density at radius 2 is 1.81 bits per heavy atom. The zero-order chi connectivity index (χ0) is 12.3. The smallest absolute Gasteiger partial charge is 0.330 e. The second kappa shape index (κ2) is 5.98. The molecule has 0 aliphatic carbocycles. The van der Waals surface area contributed by atoms with Crippen LogP contribution in [0.25, 0.3) is 0 Å². The highest BCUT2D eigenvalue weighted by molar-refractivity contribution is 9.11. The van der Waals surface area contributed by atoms with E-state index < -0.39 is 5.97 Å². The predicted molar refractivity (Wildman–Crippen MR) is 74.6 cm³/mol. The highest BCUT2D eigenvalue weighted by Gasteiger charge is 2.06. The standard InChI is InChI=1S/C11H9Br3O2/c1-6(11(15)16)2-3-8-9(13)4-7(12)5-10(8)14/h2,4-5H,3H2,1H3,(H,15,16). The molecule has 0 atom stereocenters. The van der Waals surface area contributed by atoms with Gasteiger partial charge in [-0.15, -0.1) is 0 Å². The molecule has 0 heterocycles. The van der Waals surface area contributed by atoms with Gasteiger partial charge in [0, 0.05) is 19.0 Å². The van der Waals surface area contributed by atoms with Crippen molar-refractivity contribution in [3.63, 3.8) is 0 Å². The lowest BCUT2D eigenvalue weighted by Gasteiger charge is -2.06. The van der Waals surface area contributed by atoms with E-state index in [-0.39, 0.29) is 0 Å². The molecule has 0 radical (unpaired) electrons. The number of hydrogen-bond donors (Lipinski definition) is 1. The van der Waals surface area contributed by atoms with Gasteiger partial charge in [-0.3, -0.25) is 0 Å². The number of aliphatic carboxylic acids is 1. The third-order valence-electron chi connectivity index (χ3n) is 2.06. The molecule has 0 bridgehead atoms. The van der Waals surface area contributed by atoms with E-state index in [0.29, 0.717) is 12.0 Å². The maximum Gasteiger partial charge on any atom is 0.330 e. The molecule has 0 unspecified atom stereocenters. The van der Waals surface area contributed by atoms with E-state index in [9.17, 15) is 4.79 Å². The van der Waals surface area contributed by atoms with Crippen molar-refractivity contribution in [2.45, 2.75) is 13.3 Å². The van der Waals surface area contributed by atoms with Crippen LogP contribution in [0.5, 0.6) is 0 Å². The molecule has 0 saturated carbocycles. The normalized spacial score (nSPS) is 11.6. The summed E-state index contributed by atoms with van der Waals surface area (Å²) in [7, 11) is 0. The molecule has 86 valence electrons. The molecule has 1 rings (SSSR count). The summed E-state index contributed by atoms with van der Waals surface area (Å²) in [5.41, 5.74) is 1.38. The summed E-state index contributed by atoms with van der Waals surface area (Å²) in [4.78, 5) is 10.6. The van der Waals surface area contributed by atoms with Crippen LogP contribution >= 0.6 is 47.8 Å². The van der Waals surface area contributed by atoms with Crippen LogP contribution in [0.4, 0.5) is 0 Å². The Bertz CT molecular complexity index is 430. The lowest BCUT2D eigenvalue weighted by Crippen LogP contribution is -1.97. The van der Waals surface area contributed by atoms with Gasteiger partial charge >= 0.3 is 5.97 Å². The quantitative estimate of drug-likeness (QED) is 0.739. The SMILES string of the molecule is CC(=CCc1c(Br)cc(Br)cc1Br)C(=O)O. The Kier molecular flexibility index (Phi) is 5.21. The van der Waals surface area contributed by atoms with E-state index in [2.05, 4.69) is 47.8 Å². The Morgan fingerprint density at radius 1 is 1.31 bits per heavy atom. The summed E-state index contributed by atoms with van der Waals surface area (Å²) in [6.07, 6.45) is 2.27. The van der Waals surface area contributed by atoms with Crippen molar-refractivity contribution in [2.24, 2.45) is 0 Å². The van der Waals surface area contributed by atoms with Crippen LogP contribution < -0.4 is 0 Å². The van der Waals surface area contributed by atoms with Crippen molar-refractivity contribution in [1.29, 1.82) is 0 Å². The van der Waals surface area contributed by atoms with Gasteiger partial charge in [-0.1, -0.05) is 53.9 Å². The maximum absolute atomic E-state index is 10.6. The van der Waals surface area contributed by atoms with E-state index in [1.165, 1.54) is 0 Å². The molecule has 1 N–H and O–H groups in total. The van der Waals surface area contributed by atoms with Gasteiger partial charge in [-0.2, -0.15) is 0 Å². The molecule has 1 aromatic carbocycles. The largest absolute Gasteiger partial charge is 0.478 e. The van der Waals surface area contributed by atoms with E-state index >= 15 is 0 Å². The highest BCUT2D eigenvalue weighted by atomic mass is 79.9. The zero-order valence-corrected chi connectivity index (χ0v) is 13.2. The first-order valence-corrected chi connectivity index (χ1v) is 6.83. The van der Waals surface area contributed by atoms with Crippen molar-refractivity contribution in [2.75, 3.05) is 0 Å². The van der Waals surface area contributed by atoms with Crippen LogP contribution in [0.15, 0.2) is 37.2 Å². The summed E-state index contributed by atoms with van der Waals surface area (Å²) in [6, 6.07) is 3.87. The van der Waals surface area contributed by atoms with Crippen LogP contribution in [-0.2, 0) is 11.2 Å². The first-order chi connectivity index (χ1) is 7.41. The first-order valence-electron chi connectivity index (χ1n) is 4.45. The number of halogens is 3. The molecule has 16 heavy (non-hydrogen) atoms. The molecule has 0 aliphatic heterocycles. The monoisotopic (exact) mass is 410 g/mol. The second-order valence-electron chi connectivity index (χ2n) is 3.24. The number of allylic oxidation sites excluding steroid dienone is 1. The van der Waals surface area contributed by atoms with Crippen molar-refractivity contribution in [3.8, 4) is 0 Å². The first kappa shape index (κ1) is 13.9. The summed E-state index contributed by atoms with van der Waals surface area (Å²) in [6.45, 7) is 1.59. The number of carboxylic acids is 1. The van der Waals surface area contributed by atoms with Gasteiger partial charge in [-0.05, 0) is 31.0 Å². The van der Waals surface area contributed by atoms with Crippen LogP contribution in [0.1, 0.15) is 12.5 Å². The van der Waals surface area contributed by atoms with Gasteiger partial charge in [0.15, 0.2) is 0 Å². The molecule has 1 aromatic rings. The van der Waals surface area contributed by atoms with Gasteiger partial charge < -0.3 is 5.11 Å². The highest BCUT2D eigenvalue weighted by Crippen LogP contribution is 2.30. The summed E-state index contributed by atoms with van der Waals surface area (Å²) >= 11 is 10.3. The van der Waals surface area contributed by atoms with E-state index in [1.807, 2.05) is 12.1 Å². The van der Waals surface area contributed by atoms with Crippen LogP contribution in [0.2, 0.25) is 0 Å². The minimum absolute atomic E-state index is 0.349. The predicted octanol–water partition coefficient (Wildman–Crippen LogP) is 4.55. The van der Waals surface area contributed by atoms with Gasteiger partial charge in [0.25, 0.3) is 0 Å². The Hall–Kier alpha value is -0.130. The molecule has 0 saturated heterocycles. The molecular formula is C11H9Br3O2. The van der Waals surface area contributed by atoms with Crippen molar-refractivity contribution in [1.82, 2.24) is 0 Å². The second-order valence-corrected chi connectivity index (χ2v) is 5.87. The minimum atomic E-state index is -0.885. The van der Waals surface area contributed by atoms with Gasteiger partial charge in [0.2, 0.25) is 0 Å². The number of rotatable bonds is 3. The zero-order valence-electron chi connectivity index (χ0n) is 8.43. The average molecular weight is 413 g/mol. The third kappa shape index (κ3) is 3.71. The summed E-state index contributed by atoms with van der Waals surface area (Å²) < 4.78 is 2.86. The fraction of sp³-hybridized carbons (Fsp3) is 0.182. The molecule has 0 aromatic heterocycles. The Morgan fingerprint density at radius 3 is 2.25 bits per heavy atom. The third-order valence-corrected chi connectivity index (χ3v) is 3.93. The van der Waals surface area contributed by atoms with Crippen LogP contribution in [-0.4, -0.2) is 11.1 Å². The molecule has 0 spiro atoms. The lowest BCUT2D eigenvalue weighted by molar-refractivity contribution is -0.132. The van der Waals surface area contributed by atoms with Crippen molar-refractivity contribution >= 4 is 53.8 Å². The molecule has 0 amide bonds. The van der Waals surface area contributed by atoms with Gasteiger partial charge in [-0.25, -0.2) is 4.79 Å². The van der Waals surface area contributed by atoms with Crippen molar-refractivity contribution in [3.05, 3.63) is 42.8 Å². The fourth-order valence-electron chi connectivity index (χ4n) is 1.11. The van der Waals surface area contributed by atoms with Gasteiger partial charge in [0.1, 0.15) is 0 Å². The number of benzene rings is 1. The lowest BCUT2D eigenvalue weighted by atomic mass is 10.1. The van der Waals surface area contributed by atoms with E-state index in [4.69, 9.17) is 5.11 Å². The average Bonchev–Trinajstić information content (AvgIpc) is 2.15. The van der Waals surface area contributed by atoms with Crippen LogP contribution in [0, 0.1) is 0 Å². The Labute approximate surface area is 119 Å². The van der Waals surface area contributed by atoms with Crippen LogP contribution in [0.3, 0.4) is 0 Å². The number of hydrogen-bond acceptors (Lipinski definition) is 1. The number of carboxylic acid groups (broad SMARTS) is 1. The molecule has 5 heteroatoms. The summed E-state index contributed by atoms with van der Waals surface area (Å²) in [5, 5.41) is 8.74. The summed E-state index contributed by atoms with van der Waals surface area (Å²) in [5.74, 6) is -0.885. The minimum Gasteiger partial charge on any atom is -0.478 e. The number of carbonyl (C=O) groups is 1. The fourth-order valence-corrected chi connectivity index (χ4v) is 3.69. The van der Waals surface area contributed by atoms with E-state index in [1.54, 1.807) is 13.0 Å².